The van der Waals surface area contributed by atoms with Gasteiger partial charge in [0.05, 0.1) is 18.1 Å². The summed E-state index contributed by atoms with van der Waals surface area (Å²) in [6.45, 7) is 0.659. The summed E-state index contributed by atoms with van der Waals surface area (Å²) >= 11 is 0. The average molecular weight is 286 g/mol. The summed E-state index contributed by atoms with van der Waals surface area (Å²) in [5.41, 5.74) is 0. The van der Waals surface area contributed by atoms with Gasteiger partial charge in [0, 0.05) is 0 Å². The molecular weight excluding hydrogens is 264 g/mol. The van der Waals surface area contributed by atoms with Gasteiger partial charge in [0.25, 0.3) is 0 Å². The Labute approximate surface area is 118 Å². The number of hydrogen-bond donors (Lipinski definition) is 2. The number of aliphatic hydroxyl groups excluding tert-OH is 2. The summed E-state index contributed by atoms with van der Waals surface area (Å²) in [5, 5.41) is 19.6. The first-order valence-corrected chi connectivity index (χ1v) is 7.23. The fraction of sp³-hybridized carbons (Fsp3) is 0.857. The number of carbonyl (C=O) groups excluding carboxylic acids is 2. The van der Waals surface area contributed by atoms with Crippen LogP contribution in [0.4, 0.5) is 0 Å². The van der Waals surface area contributed by atoms with E-state index in [4.69, 9.17) is 4.74 Å². The van der Waals surface area contributed by atoms with Gasteiger partial charge in [-0.2, -0.15) is 0 Å². The molecule has 6 nitrogen and oxygen atoms in total. The van der Waals surface area contributed by atoms with E-state index in [9.17, 15) is 19.8 Å². The molecule has 0 aromatic heterocycles. The van der Waals surface area contributed by atoms with Crippen LogP contribution in [-0.4, -0.2) is 53.5 Å². The van der Waals surface area contributed by atoms with E-state index in [2.05, 4.69) is 4.74 Å². The molecular formula is C14H22O6. The highest BCUT2D eigenvalue weighted by Crippen LogP contribution is 2.21. The summed E-state index contributed by atoms with van der Waals surface area (Å²) in [6.07, 6.45) is 1.90. The number of hydrogen-bond acceptors (Lipinski definition) is 6. The molecule has 2 N–H and O–H groups in total. The van der Waals surface area contributed by atoms with Gasteiger partial charge in [-0.1, -0.05) is 0 Å². The summed E-state index contributed by atoms with van der Waals surface area (Å²) in [5.74, 6) is -0.136. The molecule has 0 radical (unpaired) electrons. The lowest BCUT2D eigenvalue weighted by Gasteiger charge is -2.26. The molecule has 0 bridgehead atoms. The molecule has 2 aliphatic rings. The fourth-order valence-electron chi connectivity index (χ4n) is 2.39. The molecule has 2 rings (SSSR count). The third-order valence-corrected chi connectivity index (χ3v) is 3.99. The second-order valence-electron chi connectivity index (χ2n) is 5.63. The quantitative estimate of drug-likeness (QED) is 0.588. The van der Waals surface area contributed by atoms with Crippen molar-refractivity contribution in [3.05, 3.63) is 0 Å². The van der Waals surface area contributed by atoms with Crippen LogP contribution >= 0.6 is 0 Å². The number of ketones is 1. The predicted molar refractivity (Wildman–Crippen MR) is 68.9 cm³/mol. The van der Waals surface area contributed by atoms with E-state index < -0.39 is 12.2 Å². The zero-order chi connectivity index (χ0) is 14.5. The van der Waals surface area contributed by atoms with E-state index in [1.807, 2.05) is 0 Å². The van der Waals surface area contributed by atoms with Crippen LogP contribution in [0, 0.1) is 5.92 Å². The van der Waals surface area contributed by atoms with E-state index in [1.165, 1.54) is 0 Å². The molecule has 0 aromatic rings. The topological polar surface area (TPSA) is 93.1 Å². The van der Waals surface area contributed by atoms with Crippen molar-refractivity contribution in [3.8, 4) is 0 Å². The van der Waals surface area contributed by atoms with Crippen molar-refractivity contribution < 1.29 is 29.3 Å². The maximum atomic E-state index is 11.0. The molecule has 4 atom stereocenters. The van der Waals surface area contributed by atoms with Gasteiger partial charge in [0.2, 0.25) is 0 Å². The molecule has 0 spiro atoms. The normalized spacial score (nSPS) is 28.3. The van der Waals surface area contributed by atoms with E-state index in [-0.39, 0.29) is 30.4 Å². The molecule has 0 aromatic carbocycles. The first-order chi connectivity index (χ1) is 9.56. The lowest BCUT2D eigenvalue weighted by Crippen LogP contribution is -2.40. The van der Waals surface area contributed by atoms with Gasteiger partial charge in [-0.3, -0.25) is 9.59 Å². The van der Waals surface area contributed by atoms with Gasteiger partial charge >= 0.3 is 5.97 Å². The van der Waals surface area contributed by atoms with E-state index in [0.717, 1.165) is 0 Å². The van der Waals surface area contributed by atoms with E-state index in [0.29, 0.717) is 45.1 Å². The van der Waals surface area contributed by atoms with E-state index >= 15 is 0 Å². The molecule has 114 valence electrons. The minimum Gasteiger partial charge on any atom is -0.464 e. The van der Waals surface area contributed by atoms with Crippen LogP contribution in [0.5, 0.6) is 0 Å². The van der Waals surface area contributed by atoms with Crippen LogP contribution in [0.1, 0.15) is 38.5 Å². The largest absolute Gasteiger partial charge is 0.464 e. The maximum absolute atomic E-state index is 11.0. The van der Waals surface area contributed by atoms with Crippen LogP contribution in [0.3, 0.4) is 0 Å². The first-order valence-electron chi connectivity index (χ1n) is 7.23. The van der Waals surface area contributed by atoms with Gasteiger partial charge < -0.3 is 19.7 Å². The SMILES string of the molecule is O=C1OCC1CCC(O)CCC(O)CCC1OCC1=O. The molecule has 20 heavy (non-hydrogen) atoms. The zero-order valence-corrected chi connectivity index (χ0v) is 11.5. The molecule has 0 amide bonds. The summed E-state index contributed by atoms with van der Waals surface area (Å²) < 4.78 is 9.71. The number of cyclic esters (lactones) is 1. The minimum atomic E-state index is -0.518. The van der Waals surface area contributed by atoms with Crippen molar-refractivity contribution in [3.63, 3.8) is 0 Å². The van der Waals surface area contributed by atoms with Crippen LogP contribution in [0.25, 0.3) is 0 Å². The summed E-state index contributed by atoms with van der Waals surface area (Å²) in [7, 11) is 0. The highest BCUT2D eigenvalue weighted by molar-refractivity contribution is 5.88. The second-order valence-corrected chi connectivity index (χ2v) is 5.63. The van der Waals surface area contributed by atoms with Gasteiger partial charge in [-0.25, -0.2) is 0 Å². The van der Waals surface area contributed by atoms with Crippen molar-refractivity contribution in [2.24, 2.45) is 5.92 Å². The molecule has 0 aliphatic carbocycles. The monoisotopic (exact) mass is 286 g/mol. The van der Waals surface area contributed by atoms with Crippen molar-refractivity contribution in [2.75, 3.05) is 13.2 Å². The molecule has 2 saturated heterocycles. The molecule has 0 saturated carbocycles. The Hall–Kier alpha value is -0.980. The second kappa shape index (κ2) is 7.15. The number of rotatable bonds is 9. The lowest BCUT2D eigenvalue weighted by molar-refractivity contribution is -0.169. The molecule has 2 fully saturated rings. The van der Waals surface area contributed by atoms with Crippen LogP contribution in [-0.2, 0) is 19.1 Å². The molecule has 6 heteroatoms. The van der Waals surface area contributed by atoms with Crippen LogP contribution < -0.4 is 0 Å². The van der Waals surface area contributed by atoms with Gasteiger partial charge in [0.1, 0.15) is 19.3 Å². The van der Waals surface area contributed by atoms with Crippen molar-refractivity contribution >= 4 is 11.8 Å². The van der Waals surface area contributed by atoms with Crippen LogP contribution in [0.2, 0.25) is 0 Å². The number of aliphatic hydroxyl groups is 2. The highest BCUT2D eigenvalue weighted by Gasteiger charge is 2.31. The Kier molecular flexibility index (Phi) is 5.51. The highest BCUT2D eigenvalue weighted by atomic mass is 16.6. The number of ether oxygens (including phenoxy) is 2. The third-order valence-electron chi connectivity index (χ3n) is 3.99. The first kappa shape index (κ1) is 15.4. The van der Waals surface area contributed by atoms with Gasteiger partial charge in [0.15, 0.2) is 5.78 Å². The van der Waals surface area contributed by atoms with Gasteiger partial charge in [-0.05, 0) is 38.5 Å². The maximum Gasteiger partial charge on any atom is 0.312 e. The molecule has 2 aliphatic heterocycles. The fourth-order valence-corrected chi connectivity index (χ4v) is 2.39. The minimum absolute atomic E-state index is 0.0589. The molecule has 4 unspecified atom stereocenters. The van der Waals surface area contributed by atoms with E-state index in [1.54, 1.807) is 0 Å². The smallest absolute Gasteiger partial charge is 0.312 e. The molecule has 2 heterocycles. The number of Topliss-reactive ketones (excluding diaryl/α,β-unsaturated/α-hetero) is 1. The summed E-state index contributed by atoms with van der Waals surface area (Å²) in [4.78, 5) is 22.0. The Morgan fingerprint density at radius 1 is 1.05 bits per heavy atom. The average Bonchev–Trinajstić information content (AvgIpc) is 2.42. The third kappa shape index (κ3) is 4.26. The van der Waals surface area contributed by atoms with Crippen LogP contribution in [0.15, 0.2) is 0 Å². The summed E-state index contributed by atoms with van der Waals surface area (Å²) in [6, 6.07) is 0. The Bertz CT molecular complexity index is 322. The van der Waals surface area contributed by atoms with Gasteiger partial charge in [-0.15, -0.1) is 0 Å². The van der Waals surface area contributed by atoms with Crippen molar-refractivity contribution in [1.82, 2.24) is 0 Å². The zero-order valence-electron chi connectivity index (χ0n) is 11.5. The predicted octanol–water partition coefficient (Wildman–Crippen LogP) is 0.190. The Morgan fingerprint density at radius 2 is 1.70 bits per heavy atom. The number of carbonyl (C=O) groups is 2. The van der Waals surface area contributed by atoms with Crippen molar-refractivity contribution in [2.45, 2.75) is 56.8 Å². The van der Waals surface area contributed by atoms with Crippen molar-refractivity contribution in [1.29, 1.82) is 0 Å². The Balaban J connectivity index is 1.49. The standard InChI is InChI=1S/C14H22O6/c15-10(2-1-9-7-20-14(9)18)3-4-11(16)5-6-13-12(17)8-19-13/h9-11,13,15-16H,1-8H2. The number of esters is 1. The lowest BCUT2D eigenvalue weighted by atomic mass is 9.95. The Morgan fingerprint density at radius 3 is 2.10 bits per heavy atom.